The zero-order valence-corrected chi connectivity index (χ0v) is 12.2. The Morgan fingerprint density at radius 3 is 2.67 bits per heavy atom. The van der Waals surface area contributed by atoms with Crippen LogP contribution < -0.4 is 10.6 Å². The first-order chi connectivity index (χ1) is 10.0. The van der Waals surface area contributed by atoms with E-state index in [-0.39, 0.29) is 11.9 Å². The fraction of sp³-hybridized carbons (Fsp3) is 0.235. The van der Waals surface area contributed by atoms with Gasteiger partial charge in [-0.2, -0.15) is 5.26 Å². The molecule has 1 atom stereocenters. The van der Waals surface area contributed by atoms with Gasteiger partial charge < -0.3 is 10.6 Å². The van der Waals surface area contributed by atoms with Gasteiger partial charge in [0.1, 0.15) is 5.82 Å². The Labute approximate surface area is 124 Å². The maximum atomic E-state index is 14.2. The Hall–Kier alpha value is -2.38. The maximum Gasteiger partial charge on any atom is 0.146 e. The number of nitrogens with zero attached hydrogens (tertiary/aromatic N) is 2. The highest BCUT2D eigenvalue weighted by atomic mass is 19.1. The van der Waals surface area contributed by atoms with Crippen molar-refractivity contribution >= 4 is 5.69 Å². The summed E-state index contributed by atoms with van der Waals surface area (Å²) in [4.78, 5) is 1.82. The van der Waals surface area contributed by atoms with Crippen LogP contribution in [0.4, 0.5) is 10.1 Å². The van der Waals surface area contributed by atoms with Crippen molar-refractivity contribution in [3.63, 3.8) is 0 Å². The van der Waals surface area contributed by atoms with Gasteiger partial charge in [0.05, 0.1) is 17.3 Å². The average molecular weight is 283 g/mol. The highest BCUT2D eigenvalue weighted by Crippen LogP contribution is 2.23. The van der Waals surface area contributed by atoms with Gasteiger partial charge in [0, 0.05) is 19.6 Å². The zero-order valence-electron chi connectivity index (χ0n) is 12.2. The first-order valence-corrected chi connectivity index (χ1v) is 6.76. The van der Waals surface area contributed by atoms with Crippen molar-refractivity contribution in [1.29, 1.82) is 5.26 Å². The molecule has 0 fully saturated rings. The third-order valence-corrected chi connectivity index (χ3v) is 3.38. The first-order valence-electron chi connectivity index (χ1n) is 6.76. The van der Waals surface area contributed by atoms with E-state index in [9.17, 15) is 4.39 Å². The van der Waals surface area contributed by atoms with Crippen LogP contribution in [0, 0.1) is 17.1 Å². The van der Waals surface area contributed by atoms with E-state index in [2.05, 4.69) is 6.07 Å². The molecule has 0 aliphatic rings. The molecule has 0 unspecified atom stereocenters. The van der Waals surface area contributed by atoms with Crippen molar-refractivity contribution < 1.29 is 4.39 Å². The minimum Gasteiger partial charge on any atom is -0.368 e. The summed E-state index contributed by atoms with van der Waals surface area (Å²) in [5, 5.41) is 8.90. The van der Waals surface area contributed by atoms with Crippen molar-refractivity contribution in [2.75, 3.05) is 11.9 Å². The molecule has 0 aliphatic heterocycles. The molecule has 0 radical (unpaired) electrons. The van der Waals surface area contributed by atoms with Gasteiger partial charge in [-0.25, -0.2) is 4.39 Å². The molecule has 0 aromatic heterocycles. The lowest BCUT2D eigenvalue weighted by Gasteiger charge is -2.21. The molecule has 0 heterocycles. The van der Waals surface area contributed by atoms with Gasteiger partial charge >= 0.3 is 0 Å². The van der Waals surface area contributed by atoms with Crippen LogP contribution in [0.2, 0.25) is 0 Å². The maximum absolute atomic E-state index is 14.2. The van der Waals surface area contributed by atoms with Crippen molar-refractivity contribution in [2.24, 2.45) is 5.73 Å². The average Bonchev–Trinajstić information content (AvgIpc) is 2.47. The second-order valence-corrected chi connectivity index (χ2v) is 5.17. The van der Waals surface area contributed by atoms with Gasteiger partial charge in [-0.3, -0.25) is 0 Å². The number of hydrogen-bond acceptors (Lipinski definition) is 3. The van der Waals surface area contributed by atoms with Gasteiger partial charge in [-0.05, 0) is 42.3 Å². The Kier molecular flexibility index (Phi) is 4.56. The molecule has 0 bridgehead atoms. The molecule has 21 heavy (non-hydrogen) atoms. The highest BCUT2D eigenvalue weighted by molar-refractivity contribution is 5.49. The predicted molar refractivity (Wildman–Crippen MR) is 82.3 cm³/mol. The molecule has 3 nitrogen and oxygen atoms in total. The van der Waals surface area contributed by atoms with Crippen molar-refractivity contribution in [3.8, 4) is 6.07 Å². The molecule has 2 N–H and O–H groups in total. The van der Waals surface area contributed by atoms with Gasteiger partial charge in [0.25, 0.3) is 0 Å². The first kappa shape index (κ1) is 15.0. The molecule has 2 aromatic rings. The predicted octanol–water partition coefficient (Wildman–Crippen LogP) is 3.35. The summed E-state index contributed by atoms with van der Waals surface area (Å²) < 4.78 is 14.2. The molecule has 4 heteroatoms. The lowest BCUT2D eigenvalue weighted by molar-refractivity contribution is 0.617. The topological polar surface area (TPSA) is 53.0 Å². The van der Waals surface area contributed by atoms with Crippen LogP contribution in [0.25, 0.3) is 0 Å². The van der Waals surface area contributed by atoms with E-state index in [0.717, 1.165) is 11.1 Å². The quantitative estimate of drug-likeness (QED) is 0.936. The largest absolute Gasteiger partial charge is 0.368 e. The minimum atomic E-state index is -0.288. The molecule has 0 amide bonds. The summed E-state index contributed by atoms with van der Waals surface area (Å²) in [6.07, 6.45) is 0. The van der Waals surface area contributed by atoms with E-state index >= 15 is 0 Å². The second-order valence-electron chi connectivity index (χ2n) is 5.17. The summed E-state index contributed by atoms with van der Waals surface area (Å²) >= 11 is 0. The Balaban J connectivity index is 2.20. The second kappa shape index (κ2) is 6.38. The fourth-order valence-electron chi connectivity index (χ4n) is 2.21. The van der Waals surface area contributed by atoms with Gasteiger partial charge in [-0.1, -0.05) is 18.2 Å². The molecule has 2 aromatic carbocycles. The van der Waals surface area contributed by atoms with E-state index in [1.807, 2.05) is 43.1 Å². The van der Waals surface area contributed by atoms with Crippen LogP contribution in [-0.4, -0.2) is 7.05 Å². The number of halogens is 1. The molecule has 0 aliphatic carbocycles. The van der Waals surface area contributed by atoms with Crippen LogP contribution in [0.5, 0.6) is 0 Å². The SMILES string of the molecule is C[C@H](N)c1ccc(N(C)Cc2cccc(C#N)c2)c(F)c1. The van der Waals surface area contributed by atoms with Crippen molar-refractivity contribution in [2.45, 2.75) is 19.5 Å². The van der Waals surface area contributed by atoms with E-state index in [4.69, 9.17) is 11.0 Å². The summed E-state index contributed by atoms with van der Waals surface area (Å²) in [5.74, 6) is -0.288. The third kappa shape index (κ3) is 3.59. The number of rotatable bonds is 4. The number of nitrogens with two attached hydrogens (primary N) is 1. The monoisotopic (exact) mass is 283 g/mol. The smallest absolute Gasteiger partial charge is 0.146 e. The van der Waals surface area contributed by atoms with Crippen LogP contribution >= 0.6 is 0 Å². The van der Waals surface area contributed by atoms with Gasteiger partial charge in [0.15, 0.2) is 0 Å². The molecule has 2 rings (SSSR count). The molecule has 0 spiro atoms. The van der Waals surface area contributed by atoms with Crippen molar-refractivity contribution in [3.05, 3.63) is 65.0 Å². The van der Waals surface area contributed by atoms with Crippen LogP contribution in [0.3, 0.4) is 0 Å². The highest BCUT2D eigenvalue weighted by Gasteiger charge is 2.10. The molecule has 108 valence electrons. The standard InChI is InChI=1S/C17H18FN3/c1-12(20)15-6-7-17(16(18)9-15)21(2)11-14-5-3-4-13(8-14)10-19/h3-9,12H,11,20H2,1-2H3/t12-/m0/s1. The fourth-order valence-corrected chi connectivity index (χ4v) is 2.21. The number of hydrogen-bond donors (Lipinski definition) is 1. The zero-order chi connectivity index (χ0) is 15.4. The van der Waals surface area contributed by atoms with E-state index in [1.165, 1.54) is 6.07 Å². The Bertz CT molecular complexity index is 674. The van der Waals surface area contributed by atoms with Crippen molar-refractivity contribution in [1.82, 2.24) is 0 Å². The van der Waals surface area contributed by atoms with E-state index < -0.39 is 0 Å². The summed E-state index contributed by atoms with van der Waals surface area (Å²) in [6, 6.07) is 14.3. The Morgan fingerprint density at radius 1 is 1.29 bits per heavy atom. The Morgan fingerprint density at radius 2 is 2.05 bits per heavy atom. The minimum absolute atomic E-state index is 0.189. The summed E-state index contributed by atoms with van der Waals surface area (Å²) in [6.45, 7) is 2.36. The molecular formula is C17H18FN3. The lowest BCUT2D eigenvalue weighted by atomic mass is 10.1. The van der Waals surface area contributed by atoms with E-state index in [1.54, 1.807) is 12.1 Å². The van der Waals surface area contributed by atoms with E-state index in [0.29, 0.717) is 17.8 Å². The number of anilines is 1. The summed E-state index contributed by atoms with van der Waals surface area (Å²) in [5.41, 5.74) is 8.61. The third-order valence-electron chi connectivity index (χ3n) is 3.38. The van der Waals surface area contributed by atoms with Crippen LogP contribution in [0.1, 0.15) is 29.7 Å². The normalized spacial score (nSPS) is 11.8. The van der Waals surface area contributed by atoms with Crippen LogP contribution in [-0.2, 0) is 6.54 Å². The lowest BCUT2D eigenvalue weighted by Crippen LogP contribution is -2.18. The summed E-state index contributed by atoms with van der Waals surface area (Å²) in [7, 11) is 1.82. The molecule has 0 saturated carbocycles. The molecule has 0 saturated heterocycles. The molecular weight excluding hydrogens is 265 g/mol. The van der Waals surface area contributed by atoms with Crippen LogP contribution in [0.15, 0.2) is 42.5 Å². The number of benzene rings is 2. The van der Waals surface area contributed by atoms with Gasteiger partial charge in [0.2, 0.25) is 0 Å². The number of nitriles is 1. The van der Waals surface area contributed by atoms with Gasteiger partial charge in [-0.15, -0.1) is 0 Å².